The van der Waals surface area contributed by atoms with E-state index in [0.717, 1.165) is 13.2 Å². The molecule has 1 aliphatic heterocycles. The van der Waals surface area contributed by atoms with Crippen LogP contribution in [0.2, 0.25) is 0 Å². The Morgan fingerprint density at radius 3 is 2.60 bits per heavy atom. The van der Waals surface area contributed by atoms with E-state index in [4.69, 9.17) is 20.6 Å². The van der Waals surface area contributed by atoms with Crippen molar-refractivity contribution in [3.8, 4) is 28.9 Å². The maximum Gasteiger partial charge on any atom is 0.321 e. The molecule has 1 aliphatic rings. The van der Waals surface area contributed by atoms with Crippen molar-refractivity contribution in [3.63, 3.8) is 0 Å². The lowest BCUT2D eigenvalue weighted by Gasteiger charge is -2.22. The quantitative estimate of drug-likeness (QED) is 0.195. The van der Waals surface area contributed by atoms with E-state index >= 15 is 4.39 Å². The van der Waals surface area contributed by atoms with Crippen molar-refractivity contribution < 1.29 is 41.3 Å². The van der Waals surface area contributed by atoms with Crippen LogP contribution in [0.4, 0.5) is 8.78 Å². The summed E-state index contributed by atoms with van der Waals surface area (Å²) in [4.78, 5) is 21.0. The second kappa shape index (κ2) is 11.2. The van der Waals surface area contributed by atoms with Gasteiger partial charge in [0.25, 0.3) is 5.88 Å². The predicted octanol–water partition coefficient (Wildman–Crippen LogP) is 2.90. The van der Waals surface area contributed by atoms with Gasteiger partial charge in [0, 0.05) is 23.9 Å². The molecule has 0 bridgehead atoms. The van der Waals surface area contributed by atoms with Gasteiger partial charge in [-0.05, 0) is 43.4 Å². The number of aromatic hydroxyl groups is 1. The largest absolute Gasteiger partial charge is 0.504 e. The SMILES string of the molecule is COC(=O)CS(=O)(=O)c1ccc(Oc2c(F)cnc(Oc3cc(C(=N)N)ccc3O)c2F)c(C2N=CCN2C)c1. The van der Waals surface area contributed by atoms with Crippen LogP contribution in [0.5, 0.6) is 28.9 Å². The molecule has 0 aliphatic carbocycles. The topological polar surface area (TPSA) is 177 Å². The molecule has 40 heavy (non-hydrogen) atoms. The lowest BCUT2D eigenvalue weighted by molar-refractivity contribution is -0.137. The summed E-state index contributed by atoms with van der Waals surface area (Å²) in [6.45, 7) is 0.405. The van der Waals surface area contributed by atoms with Crippen LogP contribution in [-0.2, 0) is 19.4 Å². The van der Waals surface area contributed by atoms with Crippen LogP contribution in [0.3, 0.4) is 0 Å². The molecule has 15 heteroatoms. The maximum atomic E-state index is 15.4. The molecule has 0 fully saturated rings. The van der Waals surface area contributed by atoms with Gasteiger partial charge in [-0.1, -0.05) is 0 Å². The molecule has 2 heterocycles. The van der Waals surface area contributed by atoms with Gasteiger partial charge >= 0.3 is 5.97 Å². The first kappa shape index (κ1) is 28.4. The average Bonchev–Trinajstić information content (AvgIpc) is 3.34. The number of ether oxygens (including phenoxy) is 3. The molecule has 2 aromatic carbocycles. The Morgan fingerprint density at radius 2 is 1.95 bits per heavy atom. The highest BCUT2D eigenvalue weighted by molar-refractivity contribution is 7.92. The third-order valence-corrected chi connectivity index (χ3v) is 7.36. The number of nitrogen functional groups attached to an aromatic ring is 1. The highest BCUT2D eigenvalue weighted by atomic mass is 32.2. The zero-order chi connectivity index (χ0) is 29.2. The summed E-state index contributed by atoms with van der Waals surface area (Å²) < 4.78 is 71.1. The van der Waals surface area contributed by atoms with Gasteiger partial charge in [0.1, 0.15) is 17.8 Å². The van der Waals surface area contributed by atoms with Gasteiger partial charge in [-0.2, -0.15) is 4.39 Å². The van der Waals surface area contributed by atoms with E-state index in [1.807, 2.05) is 0 Å². The minimum Gasteiger partial charge on any atom is -0.504 e. The molecule has 12 nitrogen and oxygen atoms in total. The van der Waals surface area contributed by atoms with Crippen molar-refractivity contribution in [2.45, 2.75) is 11.1 Å². The molecule has 1 unspecified atom stereocenters. The number of aromatic nitrogens is 1. The van der Waals surface area contributed by atoms with Crippen LogP contribution in [0, 0.1) is 17.0 Å². The van der Waals surface area contributed by atoms with Gasteiger partial charge in [0.15, 0.2) is 32.9 Å². The number of benzene rings is 2. The number of rotatable bonds is 9. The summed E-state index contributed by atoms with van der Waals surface area (Å²) >= 11 is 0. The molecule has 0 saturated heterocycles. The number of phenolic OH excluding ortho intramolecular Hbond substituents is 1. The van der Waals surface area contributed by atoms with Crippen LogP contribution in [0.1, 0.15) is 17.3 Å². The number of nitrogens with two attached hydrogens (primary N) is 1. The van der Waals surface area contributed by atoms with Crippen molar-refractivity contribution >= 4 is 27.9 Å². The predicted molar refractivity (Wildman–Crippen MR) is 138 cm³/mol. The number of nitrogens with one attached hydrogen (secondary N) is 1. The average molecular weight is 576 g/mol. The van der Waals surface area contributed by atoms with Crippen molar-refractivity contribution in [1.29, 1.82) is 5.41 Å². The van der Waals surface area contributed by atoms with E-state index in [-0.39, 0.29) is 33.4 Å². The zero-order valence-electron chi connectivity index (χ0n) is 21.1. The van der Waals surface area contributed by atoms with E-state index in [9.17, 15) is 22.7 Å². The lowest BCUT2D eigenvalue weighted by Crippen LogP contribution is -2.21. The minimum absolute atomic E-state index is 0.135. The van der Waals surface area contributed by atoms with E-state index < -0.39 is 56.7 Å². The number of carbonyl (C=O) groups is 1. The van der Waals surface area contributed by atoms with Crippen molar-refractivity contribution in [2.24, 2.45) is 10.7 Å². The van der Waals surface area contributed by atoms with Gasteiger partial charge in [-0.15, -0.1) is 0 Å². The number of hydrogen-bond acceptors (Lipinski definition) is 11. The first-order valence-corrected chi connectivity index (χ1v) is 13.1. The van der Waals surface area contributed by atoms with Crippen LogP contribution in [0.25, 0.3) is 0 Å². The van der Waals surface area contributed by atoms with E-state index in [1.54, 1.807) is 18.2 Å². The Labute approximate surface area is 227 Å². The molecule has 0 saturated carbocycles. The molecule has 0 amide bonds. The Bertz CT molecular complexity index is 1630. The number of aliphatic imine (C=N–C) groups is 1. The highest BCUT2D eigenvalue weighted by Crippen LogP contribution is 2.40. The molecule has 1 aromatic heterocycles. The second-order valence-electron chi connectivity index (χ2n) is 8.53. The monoisotopic (exact) mass is 575 g/mol. The highest BCUT2D eigenvalue weighted by Gasteiger charge is 2.29. The molecular formula is C25H23F2N5O7S. The Morgan fingerprint density at radius 1 is 1.20 bits per heavy atom. The Hall–Kier alpha value is -4.63. The number of halogens is 2. The standard InChI is InChI=1S/C25H23F2N5O7S/c1-32-8-7-30-24(32)15-10-14(40(35,36)12-20(34)37-2)4-6-18(15)38-22-16(26)11-31-25(21(22)27)39-19-9-13(23(28)29)3-5-17(19)33/h3-7,9-11,24,33H,8,12H2,1-2H3,(H3,28,29). The summed E-state index contributed by atoms with van der Waals surface area (Å²) in [6.07, 6.45) is 1.44. The summed E-state index contributed by atoms with van der Waals surface area (Å²) in [5.74, 6) is -7.36. The normalized spacial score (nSPS) is 15.2. The van der Waals surface area contributed by atoms with Crippen LogP contribution >= 0.6 is 0 Å². The summed E-state index contributed by atoms with van der Waals surface area (Å²) in [5, 5.41) is 17.6. The number of carbonyl (C=O) groups excluding carboxylic acids is 1. The lowest BCUT2D eigenvalue weighted by atomic mass is 10.1. The van der Waals surface area contributed by atoms with Gasteiger partial charge in [-0.25, -0.2) is 17.8 Å². The van der Waals surface area contributed by atoms with Crippen molar-refractivity contribution in [1.82, 2.24) is 9.88 Å². The molecule has 210 valence electrons. The molecule has 3 aromatic rings. The van der Waals surface area contributed by atoms with Gasteiger partial charge < -0.3 is 25.1 Å². The zero-order valence-corrected chi connectivity index (χ0v) is 21.9. The van der Waals surface area contributed by atoms with Crippen LogP contribution in [-0.4, -0.2) is 67.9 Å². The van der Waals surface area contributed by atoms with E-state index in [1.165, 1.54) is 30.3 Å². The Balaban J connectivity index is 1.75. The second-order valence-corrected chi connectivity index (χ2v) is 10.5. The first-order valence-electron chi connectivity index (χ1n) is 11.4. The molecule has 4 N–H and O–H groups in total. The van der Waals surface area contributed by atoms with Gasteiger partial charge in [0.2, 0.25) is 11.6 Å². The molecular weight excluding hydrogens is 552 g/mol. The molecule has 4 rings (SSSR count). The fraction of sp³-hybridized carbons (Fsp3) is 0.200. The number of sulfone groups is 1. The summed E-state index contributed by atoms with van der Waals surface area (Å²) in [5.41, 5.74) is 5.75. The van der Waals surface area contributed by atoms with Crippen molar-refractivity contribution in [2.75, 3.05) is 26.5 Å². The molecule has 0 spiro atoms. The molecule has 0 radical (unpaired) electrons. The fourth-order valence-corrected chi connectivity index (χ4v) is 4.87. The van der Waals surface area contributed by atoms with Gasteiger partial charge in [-0.3, -0.25) is 20.1 Å². The first-order chi connectivity index (χ1) is 18.9. The van der Waals surface area contributed by atoms with Gasteiger partial charge in [0.05, 0.1) is 18.2 Å². The number of amidine groups is 1. The van der Waals surface area contributed by atoms with Crippen LogP contribution < -0.4 is 15.2 Å². The smallest absolute Gasteiger partial charge is 0.321 e. The van der Waals surface area contributed by atoms with Crippen molar-refractivity contribution in [3.05, 3.63) is 65.4 Å². The summed E-state index contributed by atoms with van der Waals surface area (Å²) in [7, 11) is -1.38. The third-order valence-electron chi connectivity index (χ3n) is 5.78. The summed E-state index contributed by atoms with van der Waals surface area (Å²) in [6, 6.07) is 7.19. The number of methoxy groups -OCH3 is 1. The number of hydrogen-bond donors (Lipinski definition) is 3. The maximum absolute atomic E-state index is 15.4. The number of phenols is 1. The number of pyridine rings is 1. The molecule has 1 atom stereocenters. The minimum atomic E-state index is -4.13. The number of nitrogens with zero attached hydrogens (tertiary/aromatic N) is 3. The van der Waals surface area contributed by atoms with E-state index in [2.05, 4.69) is 14.7 Å². The number of esters is 1. The third kappa shape index (κ3) is 5.84. The van der Waals surface area contributed by atoms with Crippen LogP contribution in [0.15, 0.2) is 52.5 Å². The Kier molecular flexibility index (Phi) is 7.97. The fourth-order valence-electron chi connectivity index (χ4n) is 3.69. The van der Waals surface area contributed by atoms with E-state index in [0.29, 0.717) is 12.7 Å².